The van der Waals surface area contributed by atoms with Crippen molar-refractivity contribution >= 4 is 5.97 Å². The van der Waals surface area contributed by atoms with E-state index >= 15 is 0 Å². The van der Waals surface area contributed by atoms with E-state index in [2.05, 4.69) is 13.5 Å². The molecular weight excluding hydrogens is 228 g/mol. The second kappa shape index (κ2) is 8.30. The number of carbonyl (C=O) groups excluding carboxylic acids is 1. The summed E-state index contributed by atoms with van der Waals surface area (Å²) >= 11 is 0. The maximum Gasteiger partial charge on any atom is 0.313 e. The average Bonchev–Trinajstić information content (AvgIpc) is 2.35. The van der Waals surface area contributed by atoms with Gasteiger partial charge in [-0.05, 0) is 19.3 Å². The fourth-order valence-corrected chi connectivity index (χ4v) is 2.40. The summed E-state index contributed by atoms with van der Waals surface area (Å²) in [6.45, 7) is 5.81. The van der Waals surface area contributed by atoms with Gasteiger partial charge < -0.3 is 9.84 Å². The van der Waals surface area contributed by atoms with E-state index < -0.39 is 0 Å². The standard InChI is InChI=1S/C15H26O3/c1-3-5-7-8-10-13-14(18-15(13)17)11-12(16)9-6-4-2/h4,12-14,16H,2-3,5-11H2,1H3. The molecule has 0 radical (unpaired) electrons. The summed E-state index contributed by atoms with van der Waals surface area (Å²) in [5.41, 5.74) is 0. The van der Waals surface area contributed by atoms with Crippen LogP contribution in [0.25, 0.3) is 0 Å². The number of cyclic esters (lactones) is 1. The summed E-state index contributed by atoms with van der Waals surface area (Å²) < 4.78 is 5.13. The van der Waals surface area contributed by atoms with Crippen LogP contribution in [0.15, 0.2) is 12.7 Å². The van der Waals surface area contributed by atoms with Crippen molar-refractivity contribution in [3.8, 4) is 0 Å². The Hall–Kier alpha value is -0.830. The first-order valence-corrected chi connectivity index (χ1v) is 7.18. The van der Waals surface area contributed by atoms with Gasteiger partial charge in [-0.2, -0.15) is 0 Å². The van der Waals surface area contributed by atoms with Crippen molar-refractivity contribution in [2.45, 2.75) is 70.5 Å². The van der Waals surface area contributed by atoms with Crippen molar-refractivity contribution in [2.24, 2.45) is 5.92 Å². The highest BCUT2D eigenvalue weighted by molar-refractivity contribution is 5.78. The lowest BCUT2D eigenvalue weighted by Gasteiger charge is -2.36. The molecule has 0 amide bonds. The molecule has 1 saturated heterocycles. The molecule has 3 heteroatoms. The second-order valence-corrected chi connectivity index (χ2v) is 5.19. The van der Waals surface area contributed by atoms with Gasteiger partial charge in [-0.1, -0.05) is 38.7 Å². The Bertz CT molecular complexity index is 262. The van der Waals surface area contributed by atoms with E-state index in [1.165, 1.54) is 19.3 Å². The third kappa shape index (κ3) is 4.81. The zero-order chi connectivity index (χ0) is 13.4. The Kier molecular flexibility index (Phi) is 7.02. The minimum atomic E-state index is -0.376. The van der Waals surface area contributed by atoms with E-state index in [1.54, 1.807) is 6.08 Å². The topological polar surface area (TPSA) is 46.5 Å². The molecule has 3 nitrogen and oxygen atoms in total. The van der Waals surface area contributed by atoms with Crippen LogP contribution in [0.3, 0.4) is 0 Å². The van der Waals surface area contributed by atoms with Crippen LogP contribution in [-0.4, -0.2) is 23.3 Å². The predicted octanol–water partition coefficient (Wildman–Crippen LogP) is 3.22. The molecule has 0 saturated carbocycles. The van der Waals surface area contributed by atoms with Gasteiger partial charge in [-0.3, -0.25) is 4.79 Å². The Balaban J connectivity index is 2.20. The minimum Gasteiger partial charge on any atom is -0.461 e. The average molecular weight is 254 g/mol. The quantitative estimate of drug-likeness (QED) is 0.370. The molecule has 1 aliphatic rings. The smallest absolute Gasteiger partial charge is 0.313 e. The number of rotatable bonds is 10. The summed E-state index contributed by atoms with van der Waals surface area (Å²) in [6, 6.07) is 0. The van der Waals surface area contributed by atoms with Crippen LogP contribution in [-0.2, 0) is 9.53 Å². The number of hydrogen-bond donors (Lipinski definition) is 1. The molecule has 1 fully saturated rings. The lowest BCUT2D eigenvalue weighted by molar-refractivity contribution is -0.188. The van der Waals surface area contributed by atoms with Crippen LogP contribution >= 0.6 is 0 Å². The maximum atomic E-state index is 11.4. The van der Waals surface area contributed by atoms with Crippen LogP contribution in [0.5, 0.6) is 0 Å². The molecule has 0 aromatic heterocycles. The summed E-state index contributed by atoms with van der Waals surface area (Å²) in [5.74, 6) is -0.0485. The van der Waals surface area contributed by atoms with Gasteiger partial charge in [0.1, 0.15) is 6.10 Å². The molecule has 1 rings (SSSR count). The van der Waals surface area contributed by atoms with Gasteiger partial charge in [0.05, 0.1) is 12.0 Å². The third-order valence-electron chi connectivity index (χ3n) is 3.60. The molecule has 104 valence electrons. The number of aliphatic hydroxyl groups is 1. The highest BCUT2D eigenvalue weighted by atomic mass is 16.6. The largest absolute Gasteiger partial charge is 0.461 e. The predicted molar refractivity (Wildman–Crippen MR) is 72.2 cm³/mol. The number of carbonyl (C=O) groups is 1. The van der Waals surface area contributed by atoms with Crippen molar-refractivity contribution in [2.75, 3.05) is 0 Å². The highest BCUT2D eigenvalue weighted by Gasteiger charge is 2.42. The minimum absolute atomic E-state index is 0.0280. The Morgan fingerprint density at radius 3 is 2.83 bits per heavy atom. The normalized spacial score (nSPS) is 24.2. The number of unbranched alkanes of at least 4 members (excludes halogenated alkanes) is 3. The first kappa shape index (κ1) is 15.2. The van der Waals surface area contributed by atoms with Crippen molar-refractivity contribution in [3.05, 3.63) is 12.7 Å². The monoisotopic (exact) mass is 254 g/mol. The lowest BCUT2D eigenvalue weighted by atomic mass is 9.87. The summed E-state index contributed by atoms with van der Waals surface area (Å²) in [5, 5.41) is 9.79. The van der Waals surface area contributed by atoms with Gasteiger partial charge in [0, 0.05) is 6.42 Å². The van der Waals surface area contributed by atoms with Crippen LogP contribution in [0.1, 0.15) is 58.3 Å². The fraction of sp³-hybridized carbons (Fsp3) is 0.800. The molecule has 0 aromatic carbocycles. The third-order valence-corrected chi connectivity index (χ3v) is 3.60. The molecule has 0 aliphatic carbocycles. The number of allylic oxidation sites excluding steroid dienone is 1. The molecule has 0 bridgehead atoms. The zero-order valence-electron chi connectivity index (χ0n) is 11.4. The number of aliphatic hydroxyl groups excluding tert-OH is 1. The lowest BCUT2D eigenvalue weighted by Crippen LogP contribution is -2.46. The van der Waals surface area contributed by atoms with Crippen molar-refractivity contribution < 1.29 is 14.6 Å². The number of esters is 1. The molecule has 0 spiro atoms. The first-order chi connectivity index (χ1) is 8.69. The van der Waals surface area contributed by atoms with Gasteiger partial charge in [-0.15, -0.1) is 6.58 Å². The number of hydrogen-bond acceptors (Lipinski definition) is 3. The van der Waals surface area contributed by atoms with E-state index in [4.69, 9.17) is 4.74 Å². The Labute approximate surface area is 110 Å². The molecule has 1 N–H and O–H groups in total. The Morgan fingerprint density at radius 2 is 2.22 bits per heavy atom. The molecule has 0 aromatic rings. The van der Waals surface area contributed by atoms with Crippen LogP contribution < -0.4 is 0 Å². The van der Waals surface area contributed by atoms with E-state index in [0.29, 0.717) is 12.8 Å². The van der Waals surface area contributed by atoms with Crippen LogP contribution in [0.2, 0.25) is 0 Å². The van der Waals surface area contributed by atoms with Crippen molar-refractivity contribution in [1.82, 2.24) is 0 Å². The fourth-order valence-electron chi connectivity index (χ4n) is 2.40. The molecule has 18 heavy (non-hydrogen) atoms. The van der Waals surface area contributed by atoms with Crippen molar-refractivity contribution in [1.29, 1.82) is 0 Å². The highest BCUT2D eigenvalue weighted by Crippen LogP contribution is 2.31. The van der Waals surface area contributed by atoms with Gasteiger partial charge in [0.25, 0.3) is 0 Å². The van der Waals surface area contributed by atoms with Gasteiger partial charge in [-0.25, -0.2) is 0 Å². The van der Waals surface area contributed by atoms with Crippen LogP contribution in [0, 0.1) is 5.92 Å². The van der Waals surface area contributed by atoms with E-state index in [0.717, 1.165) is 19.3 Å². The van der Waals surface area contributed by atoms with Gasteiger partial charge in [0.2, 0.25) is 0 Å². The number of ether oxygens (including phenoxy) is 1. The summed E-state index contributed by atoms with van der Waals surface area (Å²) in [7, 11) is 0. The van der Waals surface area contributed by atoms with E-state index in [1.807, 2.05) is 0 Å². The zero-order valence-corrected chi connectivity index (χ0v) is 11.4. The molecular formula is C15H26O3. The Morgan fingerprint density at radius 1 is 1.44 bits per heavy atom. The summed E-state index contributed by atoms with van der Waals surface area (Å²) in [4.78, 5) is 11.4. The maximum absolute atomic E-state index is 11.4. The van der Waals surface area contributed by atoms with Gasteiger partial charge >= 0.3 is 5.97 Å². The van der Waals surface area contributed by atoms with Gasteiger partial charge in [0.15, 0.2) is 0 Å². The molecule has 3 atom stereocenters. The molecule has 3 unspecified atom stereocenters. The van der Waals surface area contributed by atoms with Crippen molar-refractivity contribution in [3.63, 3.8) is 0 Å². The second-order valence-electron chi connectivity index (χ2n) is 5.19. The SMILES string of the molecule is C=CCCC(O)CC1OC(=O)C1CCCCCC. The summed E-state index contributed by atoms with van der Waals surface area (Å²) in [6.07, 6.45) is 9.10. The molecule has 1 heterocycles. The van der Waals surface area contributed by atoms with Crippen LogP contribution in [0.4, 0.5) is 0 Å². The first-order valence-electron chi connectivity index (χ1n) is 7.18. The van der Waals surface area contributed by atoms with E-state index in [-0.39, 0.29) is 24.1 Å². The molecule has 1 aliphatic heterocycles. The van der Waals surface area contributed by atoms with E-state index in [9.17, 15) is 9.90 Å².